The molecule has 1 amide bonds. The second-order valence-electron chi connectivity index (χ2n) is 6.02. The number of nitrogens with zero attached hydrogens (tertiary/aromatic N) is 3. The molecule has 3 rings (SSSR count). The summed E-state index contributed by atoms with van der Waals surface area (Å²) in [6, 6.07) is 5.75. The fraction of sp³-hybridized carbons (Fsp3) is 0.389. The number of carbonyl (C=O) groups excluding carboxylic acids is 1. The van der Waals surface area contributed by atoms with E-state index in [0.29, 0.717) is 31.3 Å². The van der Waals surface area contributed by atoms with Crippen LogP contribution in [0.5, 0.6) is 11.5 Å². The van der Waals surface area contributed by atoms with Gasteiger partial charge in [0.2, 0.25) is 11.9 Å². The number of carbonyl (C=O) groups is 1. The Morgan fingerprint density at radius 1 is 1.40 bits per heavy atom. The lowest BCUT2D eigenvalue weighted by Gasteiger charge is -2.29. The van der Waals surface area contributed by atoms with Crippen LogP contribution >= 0.6 is 0 Å². The zero-order chi connectivity index (χ0) is 17.8. The normalized spacial score (nSPS) is 15.7. The van der Waals surface area contributed by atoms with Gasteiger partial charge in [-0.25, -0.2) is 9.97 Å². The van der Waals surface area contributed by atoms with Crippen LogP contribution in [0, 0.1) is 5.92 Å². The Hall–Kier alpha value is -2.83. The highest BCUT2D eigenvalue weighted by Gasteiger charge is 2.29. The predicted molar refractivity (Wildman–Crippen MR) is 93.7 cm³/mol. The molecule has 0 bridgehead atoms. The van der Waals surface area contributed by atoms with Gasteiger partial charge < -0.3 is 19.7 Å². The van der Waals surface area contributed by atoms with E-state index in [1.165, 1.54) is 0 Å². The number of rotatable bonds is 5. The van der Waals surface area contributed by atoms with Crippen LogP contribution in [-0.2, 0) is 17.8 Å². The Balaban J connectivity index is 1.66. The average Bonchev–Trinajstić information content (AvgIpc) is 2.66. The summed E-state index contributed by atoms with van der Waals surface area (Å²) in [6.07, 6.45) is 4.09. The molecule has 1 atom stereocenters. The Morgan fingerprint density at radius 2 is 2.16 bits per heavy atom. The van der Waals surface area contributed by atoms with Crippen LogP contribution in [0.15, 0.2) is 30.6 Å². The van der Waals surface area contributed by atoms with Gasteiger partial charge in [0.25, 0.3) is 0 Å². The van der Waals surface area contributed by atoms with Crippen molar-refractivity contribution in [2.75, 3.05) is 33.1 Å². The van der Waals surface area contributed by atoms with Crippen molar-refractivity contribution in [2.24, 2.45) is 5.92 Å². The largest absolute Gasteiger partial charge is 0.493 e. The lowest BCUT2D eigenvalue weighted by atomic mass is 9.95. The number of hydrogen-bond donors (Lipinski definition) is 1. The van der Waals surface area contributed by atoms with Gasteiger partial charge in [-0.3, -0.25) is 4.79 Å². The maximum absolute atomic E-state index is 12.8. The van der Waals surface area contributed by atoms with Crippen molar-refractivity contribution in [1.82, 2.24) is 14.9 Å². The number of para-hydroxylation sites is 1. The van der Waals surface area contributed by atoms with E-state index in [-0.39, 0.29) is 11.8 Å². The summed E-state index contributed by atoms with van der Waals surface area (Å²) in [5.41, 5.74) is 1.88. The van der Waals surface area contributed by atoms with Gasteiger partial charge >= 0.3 is 0 Å². The zero-order valence-corrected chi connectivity index (χ0v) is 14.7. The van der Waals surface area contributed by atoms with Crippen LogP contribution in [0.2, 0.25) is 0 Å². The Kier molecular flexibility index (Phi) is 5.02. The Labute approximate surface area is 147 Å². The summed E-state index contributed by atoms with van der Waals surface area (Å²) in [5, 5.41) is 2.87. The van der Waals surface area contributed by atoms with Crippen LogP contribution in [-0.4, -0.2) is 48.6 Å². The van der Waals surface area contributed by atoms with Crippen LogP contribution in [0.1, 0.15) is 11.1 Å². The van der Waals surface area contributed by atoms with Crippen molar-refractivity contribution in [3.8, 4) is 11.5 Å². The average molecular weight is 342 g/mol. The van der Waals surface area contributed by atoms with E-state index in [2.05, 4.69) is 15.3 Å². The first-order chi connectivity index (χ1) is 12.1. The minimum Gasteiger partial charge on any atom is -0.493 e. The molecule has 1 N–H and O–H groups in total. The van der Waals surface area contributed by atoms with Gasteiger partial charge in [0.1, 0.15) is 6.61 Å². The third-order valence-corrected chi connectivity index (χ3v) is 4.25. The highest BCUT2D eigenvalue weighted by molar-refractivity contribution is 5.79. The molecule has 7 nitrogen and oxygen atoms in total. The molecule has 25 heavy (non-hydrogen) atoms. The Bertz CT molecular complexity index is 748. The first-order valence-corrected chi connectivity index (χ1v) is 8.14. The van der Waals surface area contributed by atoms with E-state index in [0.717, 1.165) is 16.9 Å². The number of ether oxygens (including phenoxy) is 2. The minimum absolute atomic E-state index is 0.0474. The van der Waals surface area contributed by atoms with Crippen molar-refractivity contribution < 1.29 is 14.3 Å². The number of hydrogen-bond acceptors (Lipinski definition) is 6. The molecule has 7 heteroatoms. The summed E-state index contributed by atoms with van der Waals surface area (Å²) >= 11 is 0. The molecule has 132 valence electrons. The molecule has 1 aliphatic rings. The summed E-state index contributed by atoms with van der Waals surface area (Å²) in [7, 11) is 5.17. The zero-order valence-electron chi connectivity index (χ0n) is 14.7. The van der Waals surface area contributed by atoms with Gasteiger partial charge in [0, 0.05) is 38.6 Å². The van der Waals surface area contributed by atoms with Gasteiger partial charge in [0.15, 0.2) is 11.5 Å². The van der Waals surface area contributed by atoms with E-state index >= 15 is 0 Å². The third-order valence-electron chi connectivity index (χ3n) is 4.25. The van der Waals surface area contributed by atoms with Crippen molar-refractivity contribution in [2.45, 2.75) is 13.0 Å². The van der Waals surface area contributed by atoms with Crippen LogP contribution in [0.25, 0.3) is 0 Å². The molecular formula is C18H22N4O3. The summed E-state index contributed by atoms with van der Waals surface area (Å²) in [5.74, 6) is 1.85. The second-order valence-corrected chi connectivity index (χ2v) is 6.02. The maximum atomic E-state index is 12.8. The number of methoxy groups -OCH3 is 1. The molecule has 1 aliphatic heterocycles. The molecule has 0 saturated carbocycles. The highest BCUT2D eigenvalue weighted by atomic mass is 16.5. The molecule has 0 fully saturated rings. The first kappa shape index (κ1) is 17.0. The quantitative estimate of drug-likeness (QED) is 0.892. The predicted octanol–water partition coefficient (Wildman–Crippen LogP) is 1.74. The number of benzene rings is 1. The molecule has 1 aromatic heterocycles. The summed E-state index contributed by atoms with van der Waals surface area (Å²) < 4.78 is 11.1. The third kappa shape index (κ3) is 3.65. The van der Waals surface area contributed by atoms with E-state index in [9.17, 15) is 4.79 Å². The van der Waals surface area contributed by atoms with Gasteiger partial charge in [-0.1, -0.05) is 12.1 Å². The van der Waals surface area contributed by atoms with E-state index < -0.39 is 0 Å². The molecule has 2 heterocycles. The Morgan fingerprint density at radius 3 is 2.84 bits per heavy atom. The van der Waals surface area contributed by atoms with E-state index in [4.69, 9.17) is 9.47 Å². The smallest absolute Gasteiger partial charge is 0.229 e. The number of anilines is 1. The molecule has 2 aromatic rings. The van der Waals surface area contributed by atoms with Crippen LogP contribution in [0.4, 0.5) is 5.95 Å². The van der Waals surface area contributed by atoms with Crippen molar-refractivity contribution >= 4 is 11.9 Å². The molecule has 0 radical (unpaired) electrons. The van der Waals surface area contributed by atoms with Crippen molar-refractivity contribution in [1.29, 1.82) is 0 Å². The maximum Gasteiger partial charge on any atom is 0.229 e. The number of nitrogens with one attached hydrogen (secondary N) is 1. The molecular weight excluding hydrogens is 320 g/mol. The lowest BCUT2D eigenvalue weighted by molar-refractivity contribution is -0.136. The molecule has 1 aromatic carbocycles. The summed E-state index contributed by atoms with van der Waals surface area (Å²) in [4.78, 5) is 22.8. The highest BCUT2D eigenvalue weighted by Crippen LogP contribution is 2.36. The topological polar surface area (TPSA) is 76.6 Å². The minimum atomic E-state index is -0.206. The molecule has 0 unspecified atom stereocenters. The first-order valence-electron chi connectivity index (χ1n) is 8.14. The molecule has 0 aliphatic carbocycles. The van der Waals surface area contributed by atoms with Gasteiger partial charge in [0.05, 0.1) is 13.0 Å². The number of aromatic nitrogens is 2. The standard InChI is InChI=1S/C18H22N4O3/c1-19-18-20-8-12(9-21-18)10-22(2)17(23)14-7-13-5-4-6-15(24-3)16(13)25-11-14/h4-6,8-9,14H,7,10-11H2,1-3H3,(H,19,20,21)/t14-/m1/s1. The van der Waals surface area contributed by atoms with Gasteiger partial charge in [-0.2, -0.15) is 0 Å². The number of amides is 1. The second kappa shape index (κ2) is 7.38. The fourth-order valence-corrected chi connectivity index (χ4v) is 2.94. The molecule has 0 spiro atoms. The van der Waals surface area contributed by atoms with E-state index in [1.807, 2.05) is 18.2 Å². The lowest BCUT2D eigenvalue weighted by Crippen LogP contribution is -2.38. The van der Waals surface area contributed by atoms with Crippen LogP contribution in [0.3, 0.4) is 0 Å². The molecule has 0 saturated heterocycles. The summed E-state index contributed by atoms with van der Waals surface area (Å²) in [6.45, 7) is 0.816. The fourth-order valence-electron chi connectivity index (χ4n) is 2.94. The van der Waals surface area contributed by atoms with Gasteiger partial charge in [-0.15, -0.1) is 0 Å². The van der Waals surface area contributed by atoms with Crippen molar-refractivity contribution in [3.05, 3.63) is 41.7 Å². The van der Waals surface area contributed by atoms with Crippen LogP contribution < -0.4 is 14.8 Å². The van der Waals surface area contributed by atoms with Gasteiger partial charge in [-0.05, 0) is 18.1 Å². The number of fused-ring (bicyclic) bond motifs is 1. The van der Waals surface area contributed by atoms with Crippen molar-refractivity contribution in [3.63, 3.8) is 0 Å². The monoisotopic (exact) mass is 342 g/mol. The SMILES string of the molecule is CNc1ncc(CN(C)C(=O)[C@H]2COc3c(cccc3OC)C2)cn1. The van der Waals surface area contributed by atoms with E-state index in [1.54, 1.807) is 38.5 Å².